The Morgan fingerprint density at radius 2 is 1.43 bits per heavy atom. The van der Waals surface area contributed by atoms with Gasteiger partial charge in [0.05, 0.1) is 0 Å². The first kappa shape index (κ1) is 14.0. The maximum absolute atomic E-state index is 13.5. The average molecular weight is 304 g/mol. The van der Waals surface area contributed by atoms with E-state index in [-0.39, 0.29) is 0 Å². The molecule has 0 aliphatic heterocycles. The highest BCUT2D eigenvalue weighted by Crippen LogP contribution is 2.35. The second-order valence-corrected chi connectivity index (χ2v) is 5.46. The molecule has 0 aromatic heterocycles. The highest BCUT2D eigenvalue weighted by Gasteiger charge is 2.14. The molecule has 0 amide bonds. The van der Waals surface area contributed by atoms with E-state index in [0.717, 1.165) is 27.8 Å². The number of thioether (sulfide) groups is 1. The minimum atomic E-state index is -1.44. The van der Waals surface area contributed by atoms with Crippen molar-refractivity contribution in [1.82, 2.24) is 0 Å². The van der Waals surface area contributed by atoms with Gasteiger partial charge in [-0.2, -0.15) is 0 Å². The molecule has 0 unspecified atom stereocenters. The third-order valence-corrected chi connectivity index (χ3v) is 4.19. The molecule has 0 N–H and O–H groups in total. The van der Waals surface area contributed by atoms with Gasteiger partial charge in [0, 0.05) is 4.90 Å². The van der Waals surface area contributed by atoms with Crippen LogP contribution in [0.5, 0.6) is 0 Å². The van der Waals surface area contributed by atoms with E-state index in [1.165, 1.54) is 0 Å². The summed E-state index contributed by atoms with van der Waals surface area (Å²) in [5.74, 6) is -3.80. The van der Waals surface area contributed by atoms with E-state index in [4.69, 9.17) is 0 Å². The van der Waals surface area contributed by atoms with Gasteiger partial charge in [0.1, 0.15) is 0 Å². The Hall–Kier alpha value is -1.94. The lowest BCUT2D eigenvalue weighted by Gasteiger charge is -2.11. The topological polar surface area (TPSA) is 0 Å². The molecule has 0 aliphatic carbocycles. The van der Waals surface area contributed by atoms with E-state index in [0.29, 0.717) is 11.1 Å². The summed E-state index contributed by atoms with van der Waals surface area (Å²) in [4.78, 5) is 1.08. The van der Waals surface area contributed by atoms with Crippen molar-refractivity contribution in [2.45, 2.75) is 4.90 Å². The minimum absolute atomic E-state index is 0.329. The van der Waals surface area contributed by atoms with Crippen LogP contribution in [0.3, 0.4) is 0 Å². The summed E-state index contributed by atoms with van der Waals surface area (Å²) in [5.41, 5.74) is 1.01. The minimum Gasteiger partial charge on any atom is -0.204 e. The molecule has 3 rings (SSSR count). The van der Waals surface area contributed by atoms with Gasteiger partial charge < -0.3 is 0 Å². The third-order valence-electron chi connectivity index (χ3n) is 3.40. The second-order valence-electron chi connectivity index (χ2n) is 4.61. The van der Waals surface area contributed by atoms with Crippen LogP contribution in [0.2, 0.25) is 0 Å². The summed E-state index contributed by atoms with van der Waals surface area (Å²) in [7, 11) is 0. The van der Waals surface area contributed by atoms with Crippen molar-refractivity contribution < 1.29 is 13.2 Å². The van der Waals surface area contributed by atoms with Crippen LogP contribution in [0.25, 0.3) is 21.9 Å². The van der Waals surface area contributed by atoms with Crippen LogP contribution in [0.15, 0.2) is 53.4 Å². The van der Waals surface area contributed by atoms with Crippen LogP contribution < -0.4 is 0 Å². The molecule has 0 saturated carbocycles. The Labute approximate surface area is 124 Å². The molecule has 21 heavy (non-hydrogen) atoms. The van der Waals surface area contributed by atoms with Crippen LogP contribution in [-0.2, 0) is 0 Å². The fourth-order valence-electron chi connectivity index (χ4n) is 2.41. The van der Waals surface area contributed by atoms with Gasteiger partial charge in [0.25, 0.3) is 0 Å². The lowest BCUT2D eigenvalue weighted by Crippen LogP contribution is -1.92. The Kier molecular flexibility index (Phi) is 3.64. The Bertz CT molecular complexity index is 804. The largest absolute Gasteiger partial charge is 0.204 e. The van der Waals surface area contributed by atoms with Crippen LogP contribution in [0, 0.1) is 17.5 Å². The maximum Gasteiger partial charge on any atom is 0.194 e. The van der Waals surface area contributed by atoms with Crippen molar-refractivity contribution in [2.75, 3.05) is 6.26 Å². The molecule has 3 aromatic rings. The molecule has 0 atom stereocenters. The molecule has 3 aromatic carbocycles. The summed E-state index contributed by atoms with van der Waals surface area (Å²) >= 11 is 1.60. The second kappa shape index (κ2) is 5.45. The molecular weight excluding hydrogens is 293 g/mol. The summed E-state index contributed by atoms with van der Waals surface area (Å²) in [6.45, 7) is 0. The van der Waals surface area contributed by atoms with Gasteiger partial charge in [0.2, 0.25) is 0 Å². The van der Waals surface area contributed by atoms with Gasteiger partial charge in [-0.3, -0.25) is 0 Å². The molecule has 106 valence electrons. The highest BCUT2D eigenvalue weighted by molar-refractivity contribution is 7.98. The zero-order valence-corrected chi connectivity index (χ0v) is 12.0. The van der Waals surface area contributed by atoms with E-state index in [2.05, 4.69) is 0 Å². The van der Waals surface area contributed by atoms with Crippen molar-refractivity contribution in [1.29, 1.82) is 0 Å². The first-order valence-electron chi connectivity index (χ1n) is 6.32. The Morgan fingerprint density at radius 1 is 0.810 bits per heavy atom. The van der Waals surface area contributed by atoms with Gasteiger partial charge in [0.15, 0.2) is 17.5 Å². The Balaban J connectivity index is 2.31. The molecule has 0 fully saturated rings. The highest BCUT2D eigenvalue weighted by atomic mass is 32.2. The quantitative estimate of drug-likeness (QED) is 0.436. The van der Waals surface area contributed by atoms with Gasteiger partial charge >= 0.3 is 0 Å². The molecule has 0 aliphatic rings. The molecule has 4 heteroatoms. The van der Waals surface area contributed by atoms with Crippen molar-refractivity contribution in [2.24, 2.45) is 0 Å². The smallest absolute Gasteiger partial charge is 0.194 e. The third kappa shape index (κ3) is 2.40. The summed E-state index contributed by atoms with van der Waals surface area (Å²) < 4.78 is 40.0. The van der Waals surface area contributed by atoms with Gasteiger partial charge in [-0.15, -0.1) is 11.8 Å². The van der Waals surface area contributed by atoms with Gasteiger partial charge in [-0.1, -0.05) is 30.3 Å². The maximum atomic E-state index is 13.5. The zero-order chi connectivity index (χ0) is 15.0. The number of hydrogen-bond acceptors (Lipinski definition) is 1. The summed E-state index contributed by atoms with van der Waals surface area (Å²) in [6, 6.07) is 13.4. The number of halogens is 3. The zero-order valence-electron chi connectivity index (χ0n) is 11.2. The van der Waals surface area contributed by atoms with Crippen molar-refractivity contribution in [3.05, 3.63) is 66.0 Å². The van der Waals surface area contributed by atoms with E-state index < -0.39 is 17.5 Å². The molecule has 0 heterocycles. The lowest BCUT2D eigenvalue weighted by atomic mass is 9.98. The molecule has 0 nitrogen and oxygen atoms in total. The fourth-order valence-corrected chi connectivity index (χ4v) is 3.01. The predicted molar refractivity (Wildman–Crippen MR) is 81.0 cm³/mol. The van der Waals surface area contributed by atoms with Crippen LogP contribution >= 0.6 is 11.8 Å². The fraction of sp³-hybridized carbons (Fsp3) is 0.0588. The van der Waals surface area contributed by atoms with E-state index in [1.54, 1.807) is 17.8 Å². The van der Waals surface area contributed by atoms with Crippen LogP contribution in [-0.4, -0.2) is 6.26 Å². The summed E-state index contributed by atoms with van der Waals surface area (Å²) in [6.07, 6.45) is 1.97. The van der Waals surface area contributed by atoms with E-state index in [9.17, 15) is 13.2 Å². The SMILES string of the molecule is CSc1ccc(-c2cc(F)c(F)c(F)c2)c2ccccc12. The van der Waals surface area contributed by atoms with Crippen LogP contribution in [0.4, 0.5) is 13.2 Å². The van der Waals surface area contributed by atoms with Crippen molar-refractivity contribution in [3.63, 3.8) is 0 Å². The standard InChI is InChI=1S/C17H11F3S/c1-21-16-7-6-11(12-4-2-3-5-13(12)16)10-8-14(18)17(20)15(19)9-10/h2-9H,1H3. The Morgan fingerprint density at radius 3 is 2.05 bits per heavy atom. The average Bonchev–Trinajstić information content (AvgIpc) is 2.51. The molecule has 0 spiro atoms. The number of fused-ring (bicyclic) bond motifs is 1. The monoisotopic (exact) mass is 304 g/mol. The molecular formula is C17H11F3S. The van der Waals surface area contributed by atoms with Gasteiger partial charge in [-0.25, -0.2) is 13.2 Å². The molecule has 0 saturated heterocycles. The summed E-state index contributed by atoms with van der Waals surface area (Å²) in [5, 5.41) is 1.89. The van der Waals surface area contributed by atoms with Crippen molar-refractivity contribution in [3.8, 4) is 11.1 Å². The number of rotatable bonds is 2. The first-order valence-corrected chi connectivity index (χ1v) is 7.55. The lowest BCUT2D eigenvalue weighted by molar-refractivity contribution is 0.448. The molecule has 0 bridgehead atoms. The van der Waals surface area contributed by atoms with Gasteiger partial charge in [-0.05, 0) is 46.4 Å². The molecule has 0 radical (unpaired) electrons. The normalized spacial score (nSPS) is 11.0. The first-order chi connectivity index (χ1) is 10.1. The predicted octanol–water partition coefficient (Wildman–Crippen LogP) is 5.65. The number of hydrogen-bond donors (Lipinski definition) is 0. The van der Waals surface area contributed by atoms with E-state index in [1.807, 2.05) is 36.6 Å². The number of benzene rings is 3. The van der Waals surface area contributed by atoms with Crippen LogP contribution in [0.1, 0.15) is 0 Å². The van der Waals surface area contributed by atoms with E-state index >= 15 is 0 Å². The van der Waals surface area contributed by atoms with Crippen molar-refractivity contribution >= 4 is 22.5 Å².